The van der Waals surface area contributed by atoms with E-state index in [1.165, 1.54) is 61.2 Å². The molecule has 1 unspecified atom stereocenters. The molecule has 0 aromatic heterocycles. The molecule has 2 aliphatic rings. The monoisotopic (exact) mass is 289 g/mol. The molecule has 110 valence electrons. The van der Waals surface area contributed by atoms with E-state index in [2.05, 4.69) is 36.5 Å². The summed E-state index contributed by atoms with van der Waals surface area (Å²) in [5.74, 6) is 2.14. The highest BCUT2D eigenvalue weighted by molar-refractivity contribution is 7.99. The van der Waals surface area contributed by atoms with E-state index in [0.29, 0.717) is 12.1 Å². The highest BCUT2D eigenvalue weighted by Gasteiger charge is 2.25. The molecular weight excluding hydrogens is 262 g/mol. The molecule has 1 N–H and O–H groups in total. The van der Waals surface area contributed by atoms with Crippen LogP contribution in [0.3, 0.4) is 0 Å². The Bertz CT molecular complexity index is 423. The van der Waals surface area contributed by atoms with Crippen LogP contribution >= 0.6 is 11.8 Å². The third-order valence-electron chi connectivity index (χ3n) is 5.03. The first-order valence-electron chi connectivity index (χ1n) is 8.32. The van der Waals surface area contributed by atoms with E-state index < -0.39 is 0 Å². The van der Waals surface area contributed by atoms with Crippen molar-refractivity contribution in [2.75, 3.05) is 5.75 Å². The molecule has 1 nitrogen and oxygen atoms in total. The number of hydrogen-bond acceptors (Lipinski definition) is 2. The van der Waals surface area contributed by atoms with Crippen LogP contribution in [0.4, 0.5) is 0 Å². The summed E-state index contributed by atoms with van der Waals surface area (Å²) < 4.78 is 0. The van der Waals surface area contributed by atoms with Gasteiger partial charge in [0, 0.05) is 17.0 Å². The molecule has 1 aliphatic heterocycles. The molecule has 1 heterocycles. The fraction of sp³-hybridized carbons (Fsp3) is 0.667. The van der Waals surface area contributed by atoms with Crippen molar-refractivity contribution in [3.63, 3.8) is 0 Å². The zero-order valence-corrected chi connectivity index (χ0v) is 13.4. The predicted molar refractivity (Wildman–Crippen MR) is 88.3 cm³/mol. The maximum atomic E-state index is 3.96. The molecule has 0 spiro atoms. The van der Waals surface area contributed by atoms with Gasteiger partial charge in [0.1, 0.15) is 0 Å². The van der Waals surface area contributed by atoms with Crippen LogP contribution in [0.2, 0.25) is 0 Å². The summed E-state index contributed by atoms with van der Waals surface area (Å²) in [4.78, 5) is 1.49. The summed E-state index contributed by atoms with van der Waals surface area (Å²) in [7, 11) is 0. The smallest absolute Gasteiger partial charge is 0.0341 e. The quantitative estimate of drug-likeness (QED) is 0.770. The van der Waals surface area contributed by atoms with Crippen molar-refractivity contribution in [3.05, 3.63) is 29.8 Å². The van der Waals surface area contributed by atoms with Crippen molar-refractivity contribution in [2.24, 2.45) is 5.92 Å². The van der Waals surface area contributed by atoms with Crippen LogP contribution in [0.1, 0.15) is 63.5 Å². The van der Waals surface area contributed by atoms with Crippen molar-refractivity contribution in [1.29, 1.82) is 0 Å². The third-order valence-corrected chi connectivity index (χ3v) is 6.15. The van der Waals surface area contributed by atoms with E-state index in [1.54, 1.807) is 0 Å². The van der Waals surface area contributed by atoms with E-state index in [9.17, 15) is 0 Å². The van der Waals surface area contributed by atoms with Gasteiger partial charge in [0.05, 0.1) is 0 Å². The van der Waals surface area contributed by atoms with E-state index in [4.69, 9.17) is 0 Å². The normalized spacial score (nSPS) is 25.8. The second-order valence-corrected chi connectivity index (χ2v) is 7.57. The number of fused-ring (bicyclic) bond motifs is 1. The third kappa shape index (κ3) is 3.40. The Morgan fingerprint density at radius 2 is 1.80 bits per heavy atom. The van der Waals surface area contributed by atoms with E-state index in [0.717, 1.165) is 5.92 Å². The number of thioether (sulfide) groups is 1. The van der Waals surface area contributed by atoms with Crippen molar-refractivity contribution >= 4 is 11.8 Å². The molecule has 1 fully saturated rings. The van der Waals surface area contributed by atoms with Crippen LogP contribution in [0.15, 0.2) is 29.2 Å². The molecule has 0 saturated heterocycles. The lowest BCUT2D eigenvalue weighted by Crippen LogP contribution is -2.37. The van der Waals surface area contributed by atoms with Crippen LogP contribution in [-0.2, 0) is 0 Å². The molecule has 0 radical (unpaired) electrons. The summed E-state index contributed by atoms with van der Waals surface area (Å²) in [6.45, 7) is 2.42. The zero-order chi connectivity index (χ0) is 13.8. The maximum Gasteiger partial charge on any atom is 0.0341 e. The lowest BCUT2D eigenvalue weighted by atomic mass is 9.91. The highest BCUT2D eigenvalue weighted by Crippen LogP contribution is 2.37. The fourth-order valence-corrected chi connectivity index (χ4v) is 4.90. The Kier molecular flexibility index (Phi) is 5.06. The molecule has 0 bridgehead atoms. The zero-order valence-electron chi connectivity index (χ0n) is 12.6. The molecule has 1 aromatic carbocycles. The van der Waals surface area contributed by atoms with Gasteiger partial charge in [0.25, 0.3) is 0 Å². The van der Waals surface area contributed by atoms with Crippen LogP contribution in [0.25, 0.3) is 0 Å². The summed E-state index contributed by atoms with van der Waals surface area (Å²) in [5.41, 5.74) is 1.53. The minimum Gasteiger partial charge on any atom is -0.307 e. The SMILES string of the molecule is C[C@H](NC1CCSc2ccccc21)C1CCCCCC1. The van der Waals surface area contributed by atoms with Crippen LogP contribution < -0.4 is 5.32 Å². The van der Waals surface area contributed by atoms with Crippen molar-refractivity contribution < 1.29 is 0 Å². The Morgan fingerprint density at radius 1 is 1.05 bits per heavy atom. The molecule has 2 atom stereocenters. The standard InChI is InChI=1S/C18H27NS/c1-14(15-8-4-2-3-5-9-15)19-17-12-13-20-18-11-7-6-10-16(17)18/h6-7,10-11,14-15,17,19H,2-5,8-9,12-13H2,1H3/t14-,17?/m0/s1. The first-order valence-corrected chi connectivity index (χ1v) is 9.31. The van der Waals surface area contributed by atoms with Gasteiger partial charge in [-0.2, -0.15) is 0 Å². The van der Waals surface area contributed by atoms with Gasteiger partial charge < -0.3 is 5.32 Å². The van der Waals surface area contributed by atoms with E-state index >= 15 is 0 Å². The topological polar surface area (TPSA) is 12.0 Å². The van der Waals surface area contributed by atoms with Crippen molar-refractivity contribution in [2.45, 2.75) is 68.8 Å². The number of benzene rings is 1. The Labute approximate surface area is 127 Å². The van der Waals surface area contributed by atoms with E-state index in [-0.39, 0.29) is 0 Å². The number of hydrogen-bond donors (Lipinski definition) is 1. The fourth-order valence-electron chi connectivity index (χ4n) is 3.78. The average molecular weight is 289 g/mol. The summed E-state index contributed by atoms with van der Waals surface area (Å²) >= 11 is 2.02. The van der Waals surface area contributed by atoms with Gasteiger partial charge in [-0.15, -0.1) is 11.8 Å². The minimum absolute atomic E-state index is 0.575. The summed E-state index contributed by atoms with van der Waals surface area (Å²) in [6.07, 6.45) is 9.91. The van der Waals surface area contributed by atoms with Gasteiger partial charge in [0.15, 0.2) is 0 Å². The van der Waals surface area contributed by atoms with Crippen LogP contribution in [-0.4, -0.2) is 11.8 Å². The first-order chi connectivity index (χ1) is 9.84. The van der Waals surface area contributed by atoms with Gasteiger partial charge in [0.2, 0.25) is 0 Å². The molecular formula is C18H27NS. The predicted octanol–water partition coefficient (Wildman–Crippen LogP) is 5.17. The molecule has 1 aromatic rings. The van der Waals surface area contributed by atoms with Crippen LogP contribution in [0, 0.1) is 5.92 Å². The second-order valence-electron chi connectivity index (χ2n) is 6.43. The Balaban J connectivity index is 1.65. The minimum atomic E-state index is 0.575. The van der Waals surface area contributed by atoms with Gasteiger partial charge in [-0.25, -0.2) is 0 Å². The summed E-state index contributed by atoms with van der Waals surface area (Å²) in [5, 5.41) is 3.96. The molecule has 1 saturated carbocycles. The largest absolute Gasteiger partial charge is 0.307 e. The molecule has 1 aliphatic carbocycles. The van der Waals surface area contributed by atoms with E-state index in [1.807, 2.05) is 11.8 Å². The molecule has 0 amide bonds. The molecule has 20 heavy (non-hydrogen) atoms. The molecule has 3 rings (SSSR count). The van der Waals surface area contributed by atoms with Gasteiger partial charge in [-0.3, -0.25) is 0 Å². The average Bonchev–Trinajstić information content (AvgIpc) is 2.77. The number of rotatable bonds is 3. The lowest BCUT2D eigenvalue weighted by molar-refractivity contribution is 0.305. The van der Waals surface area contributed by atoms with Crippen molar-refractivity contribution in [3.8, 4) is 0 Å². The first kappa shape index (κ1) is 14.5. The van der Waals surface area contributed by atoms with Gasteiger partial charge in [-0.05, 0) is 49.5 Å². The Hall–Kier alpha value is -0.470. The Morgan fingerprint density at radius 3 is 2.60 bits per heavy atom. The highest BCUT2D eigenvalue weighted by atomic mass is 32.2. The van der Waals surface area contributed by atoms with Crippen LogP contribution in [0.5, 0.6) is 0 Å². The second kappa shape index (κ2) is 7.00. The lowest BCUT2D eigenvalue weighted by Gasteiger charge is -2.32. The van der Waals surface area contributed by atoms with Gasteiger partial charge in [-0.1, -0.05) is 43.9 Å². The van der Waals surface area contributed by atoms with Crippen molar-refractivity contribution in [1.82, 2.24) is 5.32 Å². The maximum absolute atomic E-state index is 3.96. The summed E-state index contributed by atoms with van der Waals surface area (Å²) in [6, 6.07) is 10.2. The molecule has 2 heteroatoms. The number of nitrogens with one attached hydrogen (secondary N) is 1. The van der Waals surface area contributed by atoms with Gasteiger partial charge >= 0.3 is 0 Å².